The van der Waals surface area contributed by atoms with Crippen molar-refractivity contribution in [2.75, 3.05) is 11.4 Å². The van der Waals surface area contributed by atoms with Crippen molar-refractivity contribution in [1.82, 2.24) is 0 Å². The topological polar surface area (TPSA) is 20.3 Å². The summed E-state index contributed by atoms with van der Waals surface area (Å²) in [6, 6.07) is 14.0. The minimum atomic E-state index is -4.45. The molecule has 0 aliphatic heterocycles. The number of hydrogen-bond acceptors (Lipinski definition) is 2. The SMILES string of the molecule is CC(=O)[C@H](CC(C)C)c1cc(-c2ccc(C(F)(F)F)cc2)cc(N(CCC(C)C)Cc2cc(F)cc(F)c2)c1. The van der Waals surface area contributed by atoms with E-state index in [2.05, 4.69) is 13.8 Å². The molecule has 1 atom stereocenters. The molecule has 7 heteroatoms. The summed E-state index contributed by atoms with van der Waals surface area (Å²) in [5, 5.41) is 0. The quantitative estimate of drug-likeness (QED) is 0.224. The first-order valence-electron chi connectivity index (χ1n) is 13.3. The van der Waals surface area contributed by atoms with Crippen LogP contribution >= 0.6 is 0 Å². The minimum absolute atomic E-state index is 0.000140. The van der Waals surface area contributed by atoms with Gasteiger partial charge in [0.1, 0.15) is 17.4 Å². The maximum absolute atomic E-state index is 14.0. The van der Waals surface area contributed by atoms with Gasteiger partial charge in [0.2, 0.25) is 0 Å². The Kier molecular flexibility index (Phi) is 9.92. The highest BCUT2D eigenvalue weighted by Crippen LogP contribution is 2.36. The zero-order valence-corrected chi connectivity index (χ0v) is 23.1. The number of hydrogen-bond donors (Lipinski definition) is 0. The van der Waals surface area contributed by atoms with Crippen molar-refractivity contribution in [1.29, 1.82) is 0 Å². The summed E-state index contributed by atoms with van der Waals surface area (Å²) in [6.07, 6.45) is -3.03. The molecule has 0 saturated heterocycles. The molecule has 0 fully saturated rings. The standard InChI is InChI=1S/C32H36F5NO/c1-20(2)10-11-38(19-23-13-28(33)18-29(34)14-23)30-16-25(24-6-8-27(9-7-24)32(35,36)37)15-26(17-30)31(22(5)39)12-21(3)4/h6-9,13-18,20-21,31H,10-12,19H2,1-5H3/t31-/m0/s1. The maximum atomic E-state index is 14.0. The number of carbonyl (C=O) groups excluding carboxylic acids is 1. The van der Waals surface area contributed by atoms with Crippen molar-refractivity contribution < 1.29 is 26.7 Å². The van der Waals surface area contributed by atoms with Crippen LogP contribution in [0, 0.1) is 23.5 Å². The van der Waals surface area contributed by atoms with Crippen molar-refractivity contribution in [3.05, 3.63) is 89.0 Å². The largest absolute Gasteiger partial charge is 0.416 e. The van der Waals surface area contributed by atoms with Crippen LogP contribution in [-0.2, 0) is 17.5 Å². The number of alkyl halides is 3. The molecule has 0 unspecified atom stereocenters. The van der Waals surface area contributed by atoms with Gasteiger partial charge in [-0.1, -0.05) is 45.9 Å². The van der Waals surface area contributed by atoms with Gasteiger partial charge in [-0.2, -0.15) is 13.2 Å². The van der Waals surface area contributed by atoms with Gasteiger partial charge >= 0.3 is 6.18 Å². The lowest BCUT2D eigenvalue weighted by atomic mass is 9.85. The fraction of sp³-hybridized carbons (Fsp3) is 0.406. The van der Waals surface area contributed by atoms with Gasteiger partial charge < -0.3 is 4.90 Å². The molecule has 3 rings (SSSR count). The second-order valence-electron chi connectivity index (χ2n) is 11.1. The number of Topliss-reactive ketones (excluding diaryl/α,β-unsaturated/α-hetero) is 1. The zero-order valence-electron chi connectivity index (χ0n) is 23.1. The summed E-state index contributed by atoms with van der Waals surface area (Å²) in [7, 11) is 0. The highest BCUT2D eigenvalue weighted by molar-refractivity contribution is 5.85. The zero-order chi connectivity index (χ0) is 28.9. The Morgan fingerprint density at radius 3 is 1.95 bits per heavy atom. The molecule has 0 radical (unpaired) electrons. The number of rotatable bonds is 11. The summed E-state index contributed by atoms with van der Waals surface area (Å²) in [6.45, 7) is 10.6. The molecule has 0 spiro atoms. The number of halogens is 5. The fourth-order valence-electron chi connectivity index (χ4n) is 4.68. The van der Waals surface area contributed by atoms with E-state index in [4.69, 9.17) is 0 Å². The summed E-state index contributed by atoms with van der Waals surface area (Å²) in [4.78, 5) is 14.7. The van der Waals surface area contributed by atoms with E-state index >= 15 is 0 Å². The Bertz CT molecular complexity index is 1240. The first-order chi connectivity index (χ1) is 18.2. The van der Waals surface area contributed by atoms with E-state index in [0.29, 0.717) is 35.6 Å². The van der Waals surface area contributed by atoms with Crippen LogP contribution in [0.25, 0.3) is 11.1 Å². The highest BCUT2D eigenvalue weighted by Gasteiger charge is 2.30. The molecular weight excluding hydrogens is 509 g/mol. The molecule has 0 N–H and O–H groups in total. The van der Waals surface area contributed by atoms with Crippen LogP contribution in [0.4, 0.5) is 27.6 Å². The first kappa shape index (κ1) is 30.3. The van der Waals surface area contributed by atoms with Gasteiger partial charge in [0.15, 0.2) is 0 Å². The molecule has 39 heavy (non-hydrogen) atoms. The molecule has 0 aliphatic carbocycles. The van der Waals surface area contributed by atoms with Crippen molar-refractivity contribution in [2.24, 2.45) is 11.8 Å². The maximum Gasteiger partial charge on any atom is 0.416 e. The number of ketones is 1. The van der Waals surface area contributed by atoms with Crippen LogP contribution in [0.3, 0.4) is 0 Å². The van der Waals surface area contributed by atoms with Crippen LogP contribution in [0.1, 0.15) is 70.1 Å². The predicted molar refractivity (Wildman–Crippen MR) is 147 cm³/mol. The number of benzene rings is 3. The van der Waals surface area contributed by atoms with Gasteiger partial charge in [0, 0.05) is 30.8 Å². The minimum Gasteiger partial charge on any atom is -0.367 e. The Hall–Kier alpha value is -3.22. The predicted octanol–water partition coefficient (Wildman–Crippen LogP) is 9.42. The molecule has 0 bridgehead atoms. The third kappa shape index (κ3) is 8.64. The highest BCUT2D eigenvalue weighted by atomic mass is 19.4. The third-order valence-electron chi connectivity index (χ3n) is 6.72. The van der Waals surface area contributed by atoms with Crippen LogP contribution in [0.15, 0.2) is 60.7 Å². The van der Waals surface area contributed by atoms with E-state index in [1.807, 2.05) is 36.9 Å². The first-order valence-corrected chi connectivity index (χ1v) is 13.3. The lowest BCUT2D eigenvalue weighted by molar-refractivity contribution is -0.137. The number of anilines is 1. The molecule has 0 aromatic heterocycles. The van der Waals surface area contributed by atoms with Gasteiger partial charge in [-0.15, -0.1) is 0 Å². The average molecular weight is 546 g/mol. The van der Waals surface area contributed by atoms with Crippen LogP contribution in [0.5, 0.6) is 0 Å². The lowest BCUT2D eigenvalue weighted by Crippen LogP contribution is -2.25. The molecule has 3 aromatic carbocycles. The summed E-state index contributed by atoms with van der Waals surface area (Å²) in [5.74, 6) is -1.12. The van der Waals surface area contributed by atoms with E-state index in [-0.39, 0.29) is 18.2 Å². The van der Waals surface area contributed by atoms with Crippen molar-refractivity contribution in [3.8, 4) is 11.1 Å². The Morgan fingerprint density at radius 2 is 1.44 bits per heavy atom. The van der Waals surface area contributed by atoms with Crippen LogP contribution in [-0.4, -0.2) is 12.3 Å². The van der Waals surface area contributed by atoms with E-state index < -0.39 is 29.3 Å². The normalized spacial score (nSPS) is 12.7. The van der Waals surface area contributed by atoms with Crippen molar-refractivity contribution in [2.45, 2.75) is 66.1 Å². The molecule has 0 aliphatic rings. The van der Waals surface area contributed by atoms with E-state index in [0.717, 1.165) is 35.9 Å². The van der Waals surface area contributed by atoms with E-state index in [1.54, 1.807) is 6.92 Å². The monoisotopic (exact) mass is 545 g/mol. The summed E-state index contributed by atoms with van der Waals surface area (Å²) >= 11 is 0. The fourth-order valence-corrected chi connectivity index (χ4v) is 4.68. The number of carbonyl (C=O) groups is 1. The molecular formula is C32H36F5NO. The van der Waals surface area contributed by atoms with Crippen LogP contribution < -0.4 is 4.90 Å². The van der Waals surface area contributed by atoms with E-state index in [9.17, 15) is 26.7 Å². The van der Waals surface area contributed by atoms with Crippen LogP contribution in [0.2, 0.25) is 0 Å². The van der Waals surface area contributed by atoms with Gasteiger partial charge in [-0.05, 0) is 90.3 Å². The lowest BCUT2D eigenvalue weighted by Gasteiger charge is -2.28. The summed E-state index contributed by atoms with van der Waals surface area (Å²) < 4.78 is 67.6. The number of nitrogens with zero attached hydrogens (tertiary/aromatic N) is 1. The average Bonchev–Trinajstić information content (AvgIpc) is 2.83. The molecule has 3 aromatic rings. The Morgan fingerprint density at radius 1 is 0.821 bits per heavy atom. The third-order valence-corrected chi connectivity index (χ3v) is 6.72. The van der Waals surface area contributed by atoms with Gasteiger partial charge in [0.25, 0.3) is 0 Å². The van der Waals surface area contributed by atoms with Gasteiger partial charge in [-0.25, -0.2) is 8.78 Å². The Labute approximate surface area is 227 Å². The second kappa shape index (κ2) is 12.8. The molecule has 2 nitrogen and oxygen atoms in total. The Balaban J connectivity index is 2.16. The van der Waals surface area contributed by atoms with E-state index in [1.165, 1.54) is 24.3 Å². The van der Waals surface area contributed by atoms with Crippen molar-refractivity contribution >= 4 is 11.5 Å². The molecule has 0 saturated carbocycles. The van der Waals surface area contributed by atoms with Crippen molar-refractivity contribution in [3.63, 3.8) is 0 Å². The smallest absolute Gasteiger partial charge is 0.367 e. The van der Waals surface area contributed by atoms with Gasteiger partial charge in [-0.3, -0.25) is 4.79 Å². The molecule has 0 heterocycles. The second-order valence-corrected chi connectivity index (χ2v) is 11.1. The van der Waals surface area contributed by atoms with Gasteiger partial charge in [0.05, 0.1) is 5.56 Å². The summed E-state index contributed by atoms with van der Waals surface area (Å²) in [5.41, 5.74) is 2.48. The molecule has 0 amide bonds. The molecule has 210 valence electrons.